The molecule has 2 heterocycles. The highest BCUT2D eigenvalue weighted by atomic mass is 15.2. The molecule has 0 saturated heterocycles. The summed E-state index contributed by atoms with van der Waals surface area (Å²) in [6.07, 6.45) is 0. The zero-order valence-electron chi connectivity index (χ0n) is 21.2. The molecule has 0 bridgehead atoms. The van der Waals surface area contributed by atoms with Crippen molar-refractivity contribution in [3.05, 3.63) is 120 Å². The van der Waals surface area contributed by atoms with Crippen LogP contribution in [0.3, 0.4) is 0 Å². The quantitative estimate of drug-likeness (QED) is 0.250. The summed E-state index contributed by atoms with van der Waals surface area (Å²) in [4.78, 5) is 5.07. The van der Waals surface area contributed by atoms with E-state index in [-0.39, 0.29) is 0 Å². The van der Waals surface area contributed by atoms with Crippen molar-refractivity contribution in [2.45, 2.75) is 13.8 Å². The molecular weight excluding hydrogens is 450 g/mol. The van der Waals surface area contributed by atoms with Gasteiger partial charge in [-0.25, -0.2) is 4.98 Å². The maximum Gasteiger partial charge on any atom is 0.215 e. The van der Waals surface area contributed by atoms with Crippen molar-refractivity contribution in [3.8, 4) is 28.2 Å². The smallest absolute Gasteiger partial charge is 0.215 e. The molecule has 3 heteroatoms. The van der Waals surface area contributed by atoms with Crippen molar-refractivity contribution in [3.63, 3.8) is 0 Å². The first-order valence-corrected chi connectivity index (χ1v) is 12.7. The SMILES string of the molecule is Cc1cccc(-c2ccc3c(c2)c2cc(-c4cccc(C)c4)ccc2n3-c2nc3ccccc3n2C)c1. The zero-order chi connectivity index (χ0) is 25.1. The maximum absolute atomic E-state index is 5.07. The van der Waals surface area contributed by atoms with Crippen LogP contribution in [0.4, 0.5) is 0 Å². The van der Waals surface area contributed by atoms with E-state index in [9.17, 15) is 0 Å². The van der Waals surface area contributed by atoms with Gasteiger partial charge in [0.2, 0.25) is 5.95 Å². The topological polar surface area (TPSA) is 22.8 Å². The van der Waals surface area contributed by atoms with E-state index in [1.54, 1.807) is 0 Å². The number of aryl methyl sites for hydroxylation is 3. The lowest BCUT2D eigenvalue weighted by molar-refractivity contribution is 0.870. The van der Waals surface area contributed by atoms with E-state index in [0.29, 0.717) is 0 Å². The van der Waals surface area contributed by atoms with Crippen LogP contribution in [0.1, 0.15) is 11.1 Å². The van der Waals surface area contributed by atoms with Crippen molar-refractivity contribution in [2.24, 2.45) is 7.05 Å². The van der Waals surface area contributed by atoms with E-state index >= 15 is 0 Å². The molecule has 0 aliphatic heterocycles. The minimum atomic E-state index is 0.924. The number of imidazole rings is 1. The van der Waals surface area contributed by atoms with Gasteiger partial charge in [-0.2, -0.15) is 0 Å². The summed E-state index contributed by atoms with van der Waals surface area (Å²) >= 11 is 0. The molecule has 0 amide bonds. The lowest BCUT2D eigenvalue weighted by atomic mass is 9.99. The lowest BCUT2D eigenvalue weighted by Crippen LogP contribution is -2.02. The van der Waals surface area contributed by atoms with Gasteiger partial charge in [-0.15, -0.1) is 0 Å². The summed E-state index contributed by atoms with van der Waals surface area (Å²) in [5, 5.41) is 2.46. The number of hydrogen-bond donors (Lipinski definition) is 0. The number of fused-ring (bicyclic) bond motifs is 4. The summed E-state index contributed by atoms with van der Waals surface area (Å²) in [7, 11) is 2.10. The number of aromatic nitrogens is 3. The molecule has 0 unspecified atom stereocenters. The summed E-state index contributed by atoms with van der Waals surface area (Å²) in [5.74, 6) is 0.924. The molecule has 0 atom stereocenters. The Morgan fingerprint density at radius 3 is 1.59 bits per heavy atom. The van der Waals surface area contributed by atoms with E-state index in [4.69, 9.17) is 4.98 Å². The van der Waals surface area contributed by atoms with Crippen LogP contribution in [0.2, 0.25) is 0 Å². The minimum absolute atomic E-state index is 0.924. The minimum Gasteiger partial charge on any atom is -0.313 e. The van der Waals surface area contributed by atoms with E-state index in [1.807, 2.05) is 6.07 Å². The van der Waals surface area contributed by atoms with Gasteiger partial charge in [-0.3, -0.25) is 4.57 Å². The van der Waals surface area contributed by atoms with Gasteiger partial charge in [0.15, 0.2) is 0 Å². The third-order valence-electron chi connectivity index (χ3n) is 7.43. The molecule has 3 nitrogen and oxygen atoms in total. The highest BCUT2D eigenvalue weighted by Gasteiger charge is 2.18. The molecule has 0 aliphatic carbocycles. The molecule has 178 valence electrons. The number of benzene rings is 5. The van der Waals surface area contributed by atoms with Crippen LogP contribution < -0.4 is 0 Å². The summed E-state index contributed by atoms with van der Waals surface area (Å²) in [6.45, 7) is 4.29. The molecule has 0 N–H and O–H groups in total. The average Bonchev–Trinajstić information content (AvgIpc) is 3.42. The van der Waals surface area contributed by atoms with Crippen molar-refractivity contribution in [1.82, 2.24) is 14.1 Å². The Kier molecular flexibility index (Phi) is 4.80. The van der Waals surface area contributed by atoms with Crippen LogP contribution in [0.15, 0.2) is 109 Å². The molecule has 0 radical (unpaired) electrons. The fraction of sp³-hybridized carbons (Fsp3) is 0.0882. The monoisotopic (exact) mass is 477 g/mol. The van der Waals surface area contributed by atoms with Crippen LogP contribution in [0.5, 0.6) is 0 Å². The van der Waals surface area contributed by atoms with Gasteiger partial charge in [0.05, 0.1) is 22.1 Å². The van der Waals surface area contributed by atoms with Crippen molar-refractivity contribution >= 4 is 32.8 Å². The average molecular weight is 478 g/mol. The van der Waals surface area contributed by atoms with Crippen molar-refractivity contribution < 1.29 is 0 Å². The van der Waals surface area contributed by atoms with Crippen LogP contribution in [0.25, 0.3) is 61.0 Å². The largest absolute Gasteiger partial charge is 0.313 e. The first kappa shape index (κ1) is 21.6. The second-order valence-corrected chi connectivity index (χ2v) is 10.00. The molecular formula is C34H27N3. The third-order valence-corrected chi connectivity index (χ3v) is 7.43. The normalized spacial score (nSPS) is 11.6. The van der Waals surface area contributed by atoms with E-state index in [2.05, 4.69) is 133 Å². The van der Waals surface area contributed by atoms with Gasteiger partial charge in [-0.1, -0.05) is 83.9 Å². The number of nitrogens with zero attached hydrogens (tertiary/aromatic N) is 3. The van der Waals surface area contributed by atoms with E-state index in [1.165, 1.54) is 44.2 Å². The Morgan fingerprint density at radius 1 is 0.514 bits per heavy atom. The number of hydrogen-bond acceptors (Lipinski definition) is 1. The molecule has 0 fully saturated rings. The highest BCUT2D eigenvalue weighted by molar-refractivity contribution is 6.11. The number of para-hydroxylation sites is 2. The molecule has 0 spiro atoms. The molecule has 0 saturated carbocycles. The molecule has 5 aromatic carbocycles. The molecule has 0 aliphatic rings. The predicted octanol–water partition coefficient (Wildman–Crippen LogP) is 8.62. The fourth-order valence-electron chi connectivity index (χ4n) is 5.58. The van der Waals surface area contributed by atoms with Gasteiger partial charge < -0.3 is 4.57 Å². The van der Waals surface area contributed by atoms with Crippen LogP contribution >= 0.6 is 0 Å². The molecule has 2 aromatic heterocycles. The van der Waals surface area contributed by atoms with Crippen molar-refractivity contribution in [1.29, 1.82) is 0 Å². The van der Waals surface area contributed by atoms with Gasteiger partial charge in [0.1, 0.15) is 0 Å². The Hall–Kier alpha value is -4.63. The first-order chi connectivity index (χ1) is 18.1. The van der Waals surface area contributed by atoms with Crippen LogP contribution in [-0.2, 0) is 7.05 Å². The highest BCUT2D eigenvalue weighted by Crippen LogP contribution is 2.37. The fourth-order valence-corrected chi connectivity index (χ4v) is 5.58. The molecule has 7 rings (SSSR count). The van der Waals surface area contributed by atoms with Gasteiger partial charge in [-0.05, 0) is 72.5 Å². The lowest BCUT2D eigenvalue weighted by Gasteiger charge is -2.09. The van der Waals surface area contributed by atoms with Crippen LogP contribution in [-0.4, -0.2) is 14.1 Å². The number of rotatable bonds is 3. The van der Waals surface area contributed by atoms with E-state index < -0.39 is 0 Å². The Balaban J connectivity index is 1.55. The maximum atomic E-state index is 5.07. The second-order valence-electron chi connectivity index (χ2n) is 10.00. The molecule has 7 aromatic rings. The van der Waals surface area contributed by atoms with Crippen molar-refractivity contribution in [2.75, 3.05) is 0 Å². The van der Waals surface area contributed by atoms with Gasteiger partial charge in [0, 0.05) is 17.8 Å². The third kappa shape index (κ3) is 3.47. The Morgan fingerprint density at radius 2 is 1.05 bits per heavy atom. The van der Waals surface area contributed by atoms with Crippen LogP contribution in [0, 0.1) is 13.8 Å². The van der Waals surface area contributed by atoms with Gasteiger partial charge >= 0.3 is 0 Å². The first-order valence-electron chi connectivity index (χ1n) is 12.7. The van der Waals surface area contributed by atoms with E-state index in [0.717, 1.165) is 28.0 Å². The summed E-state index contributed by atoms with van der Waals surface area (Å²) in [6, 6.07) is 39.4. The standard InChI is InChI=1S/C34H27N3/c1-22-8-6-10-24(18-22)26-14-16-31-28(20-26)29-21-27(25-11-7-9-23(2)19-25)15-17-32(29)37(31)34-35-30-12-4-5-13-33(30)36(34)3/h4-21H,1-3H3. The Labute approximate surface area is 216 Å². The second kappa shape index (κ2) is 8.21. The summed E-state index contributed by atoms with van der Waals surface area (Å²) < 4.78 is 4.50. The zero-order valence-corrected chi connectivity index (χ0v) is 21.2. The Bertz CT molecular complexity index is 1870. The van der Waals surface area contributed by atoms with Gasteiger partial charge in [0.25, 0.3) is 0 Å². The molecule has 37 heavy (non-hydrogen) atoms. The predicted molar refractivity (Wildman–Crippen MR) is 155 cm³/mol. The summed E-state index contributed by atoms with van der Waals surface area (Å²) in [5.41, 5.74) is 11.9.